The molecule has 0 spiro atoms. The van der Waals surface area contributed by atoms with Crippen molar-refractivity contribution in [3.05, 3.63) is 0 Å². The molecule has 0 fully saturated rings. The van der Waals surface area contributed by atoms with E-state index < -0.39 is 14.3 Å². The first-order valence-electron chi connectivity index (χ1n) is 1.97. The van der Waals surface area contributed by atoms with Crippen molar-refractivity contribution >= 4 is 35.5 Å². The standard InChI is InChI=1S/CH5BINO4S/c3-9(7,8)4-1-2(5)6/h4-6H,1H2. The Morgan fingerprint density at radius 3 is 2.11 bits per heavy atom. The average Bonchev–Trinajstić information content (AvgIpc) is 1.59. The minimum Gasteiger partial charge on any atom is -0.426 e. The fraction of sp³-hybridized carbons (Fsp3) is 1.00. The lowest BCUT2D eigenvalue weighted by atomic mass is 9.94. The maximum absolute atomic E-state index is 10.2. The Balaban J connectivity index is 3.53. The first-order chi connectivity index (χ1) is 3.92. The van der Waals surface area contributed by atoms with Gasteiger partial charge in [0.05, 0.1) is 21.2 Å². The molecule has 0 aliphatic heterocycles. The topological polar surface area (TPSA) is 86.6 Å². The lowest BCUT2D eigenvalue weighted by molar-refractivity contribution is 0.405. The van der Waals surface area contributed by atoms with Gasteiger partial charge >= 0.3 is 7.12 Å². The van der Waals surface area contributed by atoms with E-state index in [1.165, 1.54) is 0 Å². The molecule has 0 aromatic carbocycles. The number of hydrogen-bond acceptors (Lipinski definition) is 4. The predicted octanol–water partition coefficient (Wildman–Crippen LogP) is -1.73. The van der Waals surface area contributed by atoms with E-state index in [-0.39, 0.29) is 6.44 Å². The van der Waals surface area contributed by atoms with Gasteiger partial charge in [-0.2, -0.15) is 0 Å². The molecule has 0 saturated heterocycles. The minimum absolute atomic E-state index is 0.370. The van der Waals surface area contributed by atoms with E-state index in [2.05, 4.69) is 0 Å². The van der Waals surface area contributed by atoms with E-state index in [0.717, 1.165) is 21.2 Å². The van der Waals surface area contributed by atoms with Crippen LogP contribution in [0.15, 0.2) is 0 Å². The van der Waals surface area contributed by atoms with Crippen LogP contribution in [0.1, 0.15) is 0 Å². The lowest BCUT2D eigenvalue weighted by Crippen LogP contribution is -2.32. The molecule has 0 aromatic heterocycles. The molecule has 9 heavy (non-hydrogen) atoms. The van der Waals surface area contributed by atoms with Gasteiger partial charge in [0.15, 0.2) is 0 Å². The molecule has 0 unspecified atom stereocenters. The van der Waals surface area contributed by atoms with Gasteiger partial charge in [-0.25, -0.2) is 13.1 Å². The smallest absolute Gasteiger partial charge is 0.426 e. The second-order valence-corrected chi connectivity index (χ2v) is 5.91. The maximum Gasteiger partial charge on any atom is 0.467 e. The van der Waals surface area contributed by atoms with Crippen LogP contribution < -0.4 is 4.72 Å². The molecule has 5 nitrogen and oxygen atoms in total. The Bertz CT molecular complexity index is 165. The summed E-state index contributed by atoms with van der Waals surface area (Å²) in [6.45, 7) is 0. The van der Waals surface area contributed by atoms with E-state index in [1.54, 1.807) is 0 Å². The summed E-state index contributed by atoms with van der Waals surface area (Å²) in [5, 5.41) is 16.3. The third kappa shape index (κ3) is 8.62. The molecule has 0 atom stereocenters. The quantitative estimate of drug-likeness (QED) is 0.321. The minimum atomic E-state index is -3.32. The van der Waals surface area contributed by atoms with Crippen LogP contribution in [0.25, 0.3) is 0 Å². The van der Waals surface area contributed by atoms with Crippen molar-refractivity contribution in [2.45, 2.75) is 0 Å². The molecule has 54 valence electrons. The van der Waals surface area contributed by atoms with Crippen LogP contribution in [0.4, 0.5) is 0 Å². The molecular formula is CH5BINO4S. The number of hydrogen-bond donors (Lipinski definition) is 3. The largest absolute Gasteiger partial charge is 0.467 e. The second-order valence-electron chi connectivity index (χ2n) is 1.27. The summed E-state index contributed by atoms with van der Waals surface area (Å²) in [6, 6.07) is 0. The Morgan fingerprint density at radius 2 is 2.00 bits per heavy atom. The molecular weight excluding hydrogens is 260 g/mol. The lowest BCUT2D eigenvalue weighted by Gasteiger charge is -1.96. The zero-order valence-corrected chi connectivity index (χ0v) is 7.26. The number of rotatable bonds is 3. The summed E-state index contributed by atoms with van der Waals surface area (Å²) in [4.78, 5) is 0. The van der Waals surface area contributed by atoms with Crippen LogP contribution in [-0.4, -0.2) is 32.0 Å². The fourth-order valence-electron chi connectivity index (χ4n) is 0.174. The number of halogens is 1. The summed E-state index contributed by atoms with van der Waals surface area (Å²) in [5.74, 6) is 0. The summed E-state index contributed by atoms with van der Waals surface area (Å²) in [6.07, 6.45) is -0.370. The van der Waals surface area contributed by atoms with Gasteiger partial charge in [0.2, 0.25) is 0 Å². The highest BCUT2D eigenvalue weighted by Crippen LogP contribution is 1.93. The third-order valence-corrected chi connectivity index (χ3v) is 1.88. The van der Waals surface area contributed by atoms with Gasteiger partial charge in [0.1, 0.15) is 0 Å². The van der Waals surface area contributed by atoms with E-state index in [9.17, 15) is 8.42 Å². The first kappa shape index (κ1) is 9.62. The molecule has 0 saturated carbocycles. The molecule has 3 N–H and O–H groups in total. The molecule has 0 aliphatic rings. The molecule has 0 aliphatic carbocycles. The Labute approximate surface area is 65.2 Å². The van der Waals surface area contributed by atoms with Gasteiger partial charge in [-0.05, 0) is 0 Å². The van der Waals surface area contributed by atoms with Crippen molar-refractivity contribution in [3.8, 4) is 0 Å². The summed E-state index contributed by atoms with van der Waals surface area (Å²) in [5.41, 5.74) is 0. The molecule has 0 rings (SSSR count). The molecule has 0 bridgehead atoms. The van der Waals surface area contributed by atoms with E-state index in [4.69, 9.17) is 10.0 Å². The van der Waals surface area contributed by atoms with Gasteiger partial charge in [-0.1, -0.05) is 0 Å². The van der Waals surface area contributed by atoms with Crippen molar-refractivity contribution in [2.75, 3.05) is 6.44 Å². The molecule has 0 amide bonds. The molecule has 0 radical (unpaired) electrons. The third-order valence-electron chi connectivity index (χ3n) is 0.438. The van der Waals surface area contributed by atoms with E-state index in [0.29, 0.717) is 0 Å². The van der Waals surface area contributed by atoms with Crippen LogP contribution in [0.2, 0.25) is 0 Å². The van der Waals surface area contributed by atoms with Crippen LogP contribution in [0.3, 0.4) is 0 Å². The van der Waals surface area contributed by atoms with Gasteiger partial charge in [-0.3, -0.25) is 0 Å². The van der Waals surface area contributed by atoms with Crippen molar-refractivity contribution < 1.29 is 18.5 Å². The monoisotopic (exact) mass is 265 g/mol. The molecule has 0 aromatic rings. The Hall–Kier alpha value is 0.625. The first-order valence-corrected chi connectivity index (χ1v) is 6.00. The van der Waals surface area contributed by atoms with Gasteiger partial charge in [0.25, 0.3) is 7.19 Å². The van der Waals surface area contributed by atoms with Crippen molar-refractivity contribution in [1.29, 1.82) is 0 Å². The summed E-state index contributed by atoms with van der Waals surface area (Å²) < 4.78 is 22.3. The Kier molecular flexibility index (Phi) is 3.97. The van der Waals surface area contributed by atoms with E-state index in [1.807, 2.05) is 4.72 Å². The predicted molar refractivity (Wildman–Crippen MR) is 41.1 cm³/mol. The fourth-order valence-corrected chi connectivity index (χ4v) is 1.06. The molecule has 8 heteroatoms. The SMILES string of the molecule is O=S(=O)(I)NCB(O)O. The van der Waals surface area contributed by atoms with Gasteiger partial charge < -0.3 is 10.0 Å². The van der Waals surface area contributed by atoms with Crippen molar-refractivity contribution in [1.82, 2.24) is 4.72 Å². The van der Waals surface area contributed by atoms with Crippen LogP contribution in [0.5, 0.6) is 0 Å². The van der Waals surface area contributed by atoms with Crippen molar-refractivity contribution in [2.24, 2.45) is 0 Å². The summed E-state index contributed by atoms with van der Waals surface area (Å²) in [7, 11) is -4.95. The normalized spacial score (nSPS) is 11.4. The highest BCUT2D eigenvalue weighted by Gasteiger charge is 2.10. The van der Waals surface area contributed by atoms with Gasteiger partial charge in [-0.15, -0.1) is 0 Å². The van der Waals surface area contributed by atoms with Gasteiger partial charge in [0, 0.05) is 6.44 Å². The zero-order chi connectivity index (χ0) is 7.49. The Morgan fingerprint density at radius 1 is 1.56 bits per heavy atom. The zero-order valence-electron chi connectivity index (χ0n) is 4.28. The van der Waals surface area contributed by atoms with Crippen molar-refractivity contribution in [3.63, 3.8) is 0 Å². The van der Waals surface area contributed by atoms with E-state index >= 15 is 0 Å². The van der Waals surface area contributed by atoms with Crippen LogP contribution >= 0.6 is 21.2 Å². The second kappa shape index (κ2) is 3.71. The highest BCUT2D eigenvalue weighted by atomic mass is 127. The van der Waals surface area contributed by atoms with Crippen LogP contribution in [-0.2, 0) is 7.19 Å². The van der Waals surface area contributed by atoms with Crippen LogP contribution in [0, 0.1) is 0 Å². The average molecular weight is 265 g/mol. The number of nitrogens with one attached hydrogen (secondary N) is 1. The molecule has 0 heterocycles. The summed E-state index contributed by atoms with van der Waals surface area (Å²) >= 11 is 1.15. The maximum atomic E-state index is 10.2. The highest BCUT2D eigenvalue weighted by molar-refractivity contribution is 14.2.